The van der Waals surface area contributed by atoms with Crippen LogP contribution in [-0.2, 0) is 0 Å². The first-order valence-corrected chi connectivity index (χ1v) is 7.26. The third-order valence-electron chi connectivity index (χ3n) is 3.91. The zero-order valence-corrected chi connectivity index (χ0v) is 13.5. The number of nitrogens with one attached hydrogen (secondary N) is 1. The van der Waals surface area contributed by atoms with Crippen molar-refractivity contribution in [1.29, 1.82) is 0 Å². The molecule has 0 aliphatic carbocycles. The maximum Gasteiger partial charge on any atom is 0.0145 e. The van der Waals surface area contributed by atoms with Crippen LogP contribution < -0.4 is 5.32 Å². The Hall–Kier alpha value is -0.120. The van der Waals surface area contributed by atoms with Gasteiger partial charge in [-0.15, -0.1) is 0 Å². The normalized spacial score (nSPS) is 23.8. The number of hydrogen-bond donors (Lipinski definition) is 1. The molecule has 1 rings (SSSR count). The molecule has 0 aromatic carbocycles. The Bertz CT molecular complexity index is 242. The number of nitrogens with zero attached hydrogens (tertiary/aromatic N) is 2. The zero-order valence-electron chi connectivity index (χ0n) is 13.5. The summed E-state index contributed by atoms with van der Waals surface area (Å²) < 4.78 is 0. The van der Waals surface area contributed by atoms with Crippen LogP contribution in [0.2, 0.25) is 0 Å². The second kappa shape index (κ2) is 5.89. The molecule has 0 aromatic heterocycles. The largest absolute Gasteiger partial charge is 0.309 e. The Balaban J connectivity index is 2.49. The highest BCUT2D eigenvalue weighted by molar-refractivity contribution is 4.99. The van der Waals surface area contributed by atoms with Gasteiger partial charge in [0.05, 0.1) is 0 Å². The van der Waals surface area contributed by atoms with E-state index in [9.17, 15) is 0 Å². The molecular weight excluding hydrogens is 222 g/mol. The smallest absolute Gasteiger partial charge is 0.0145 e. The molecule has 0 saturated carbocycles. The van der Waals surface area contributed by atoms with Crippen molar-refractivity contribution >= 4 is 0 Å². The van der Waals surface area contributed by atoms with Crippen LogP contribution in [0, 0.1) is 0 Å². The van der Waals surface area contributed by atoms with Crippen molar-refractivity contribution in [3.63, 3.8) is 0 Å². The first-order valence-electron chi connectivity index (χ1n) is 7.26. The summed E-state index contributed by atoms with van der Waals surface area (Å²) in [5.41, 5.74) is 0.504. The SMILES string of the molecule is CN(C)CCCN(C)C1CC(C)(C)NC(C)(C)C1. The summed E-state index contributed by atoms with van der Waals surface area (Å²) in [6, 6.07) is 0.707. The predicted octanol–water partition coefficient (Wildman–Crippen LogP) is 2.18. The summed E-state index contributed by atoms with van der Waals surface area (Å²) in [6.07, 6.45) is 3.75. The summed E-state index contributed by atoms with van der Waals surface area (Å²) in [5, 5.41) is 3.76. The first-order chi connectivity index (χ1) is 8.11. The first kappa shape index (κ1) is 15.9. The standard InChI is InChI=1S/C15H33N3/c1-14(2)11-13(12-15(3,4)16-14)18(7)10-8-9-17(5)6/h13,16H,8-12H2,1-7H3. The Morgan fingerprint density at radius 3 is 1.89 bits per heavy atom. The molecule has 1 aliphatic rings. The van der Waals surface area contributed by atoms with Gasteiger partial charge in [0, 0.05) is 17.1 Å². The van der Waals surface area contributed by atoms with Crippen molar-refractivity contribution in [3.8, 4) is 0 Å². The fourth-order valence-electron chi connectivity index (χ4n) is 3.40. The minimum absolute atomic E-state index is 0.252. The Kier molecular flexibility index (Phi) is 5.22. The van der Waals surface area contributed by atoms with Gasteiger partial charge in [0.15, 0.2) is 0 Å². The van der Waals surface area contributed by atoms with Crippen LogP contribution in [0.1, 0.15) is 47.0 Å². The van der Waals surface area contributed by atoms with Crippen molar-refractivity contribution in [3.05, 3.63) is 0 Å². The van der Waals surface area contributed by atoms with Gasteiger partial charge in [0.25, 0.3) is 0 Å². The maximum absolute atomic E-state index is 3.76. The molecule has 0 radical (unpaired) electrons. The van der Waals surface area contributed by atoms with Gasteiger partial charge in [0.2, 0.25) is 0 Å². The van der Waals surface area contributed by atoms with E-state index in [4.69, 9.17) is 0 Å². The number of rotatable bonds is 5. The van der Waals surface area contributed by atoms with Crippen LogP contribution >= 0.6 is 0 Å². The molecule has 1 heterocycles. The van der Waals surface area contributed by atoms with Crippen LogP contribution in [0.3, 0.4) is 0 Å². The summed E-state index contributed by atoms with van der Waals surface area (Å²) in [6.45, 7) is 11.7. The summed E-state index contributed by atoms with van der Waals surface area (Å²) in [5.74, 6) is 0. The summed E-state index contributed by atoms with van der Waals surface area (Å²) in [7, 11) is 6.59. The minimum atomic E-state index is 0.252. The van der Waals surface area contributed by atoms with Gasteiger partial charge in [-0.1, -0.05) is 0 Å². The molecule has 1 aliphatic heterocycles. The topological polar surface area (TPSA) is 18.5 Å². The van der Waals surface area contributed by atoms with E-state index in [-0.39, 0.29) is 11.1 Å². The fourth-order valence-corrected chi connectivity index (χ4v) is 3.40. The molecule has 3 heteroatoms. The molecule has 0 unspecified atom stereocenters. The van der Waals surface area contributed by atoms with E-state index in [1.54, 1.807) is 0 Å². The molecule has 0 atom stereocenters. The average molecular weight is 255 g/mol. The third kappa shape index (κ3) is 5.25. The van der Waals surface area contributed by atoms with Crippen LogP contribution in [0.25, 0.3) is 0 Å². The van der Waals surface area contributed by atoms with E-state index in [2.05, 4.69) is 64.0 Å². The van der Waals surface area contributed by atoms with Crippen LogP contribution in [-0.4, -0.2) is 61.2 Å². The zero-order chi connectivity index (χ0) is 14.0. The lowest BCUT2D eigenvalue weighted by Gasteiger charge is -2.49. The van der Waals surface area contributed by atoms with E-state index in [1.807, 2.05) is 0 Å². The van der Waals surface area contributed by atoms with Crippen molar-refractivity contribution in [1.82, 2.24) is 15.1 Å². The van der Waals surface area contributed by atoms with Crippen molar-refractivity contribution in [2.45, 2.75) is 64.1 Å². The minimum Gasteiger partial charge on any atom is -0.309 e. The summed E-state index contributed by atoms with van der Waals surface area (Å²) >= 11 is 0. The van der Waals surface area contributed by atoms with E-state index >= 15 is 0 Å². The van der Waals surface area contributed by atoms with Crippen molar-refractivity contribution < 1.29 is 0 Å². The third-order valence-corrected chi connectivity index (χ3v) is 3.91. The molecule has 3 nitrogen and oxygen atoms in total. The Labute approximate surface area is 114 Å². The van der Waals surface area contributed by atoms with Crippen molar-refractivity contribution in [2.24, 2.45) is 0 Å². The molecule has 0 bridgehead atoms. The van der Waals surface area contributed by atoms with Gasteiger partial charge in [-0.2, -0.15) is 0 Å². The van der Waals surface area contributed by atoms with Crippen molar-refractivity contribution in [2.75, 3.05) is 34.2 Å². The van der Waals surface area contributed by atoms with Crippen LogP contribution in [0.4, 0.5) is 0 Å². The molecule has 0 amide bonds. The highest BCUT2D eigenvalue weighted by Gasteiger charge is 2.38. The monoisotopic (exact) mass is 255 g/mol. The summed E-state index contributed by atoms with van der Waals surface area (Å²) in [4.78, 5) is 4.83. The average Bonchev–Trinajstić information content (AvgIpc) is 2.11. The van der Waals surface area contributed by atoms with Gasteiger partial charge >= 0.3 is 0 Å². The van der Waals surface area contributed by atoms with Gasteiger partial charge in [-0.05, 0) is 81.2 Å². The molecule has 1 fully saturated rings. The second-order valence-corrected chi connectivity index (χ2v) is 7.59. The maximum atomic E-state index is 3.76. The lowest BCUT2D eigenvalue weighted by molar-refractivity contribution is 0.0798. The van der Waals surface area contributed by atoms with Crippen LogP contribution in [0.15, 0.2) is 0 Å². The molecule has 108 valence electrons. The van der Waals surface area contributed by atoms with Gasteiger partial charge in [-0.3, -0.25) is 0 Å². The lowest BCUT2D eigenvalue weighted by Crippen LogP contribution is -2.61. The lowest BCUT2D eigenvalue weighted by atomic mass is 9.79. The highest BCUT2D eigenvalue weighted by atomic mass is 15.2. The van der Waals surface area contributed by atoms with Gasteiger partial charge in [-0.25, -0.2) is 0 Å². The molecule has 1 N–H and O–H groups in total. The predicted molar refractivity (Wildman–Crippen MR) is 80.1 cm³/mol. The van der Waals surface area contributed by atoms with Gasteiger partial charge < -0.3 is 15.1 Å². The molecule has 0 spiro atoms. The van der Waals surface area contributed by atoms with E-state index < -0.39 is 0 Å². The van der Waals surface area contributed by atoms with E-state index in [1.165, 1.54) is 32.4 Å². The second-order valence-electron chi connectivity index (χ2n) is 7.59. The van der Waals surface area contributed by atoms with Crippen LogP contribution in [0.5, 0.6) is 0 Å². The quantitative estimate of drug-likeness (QED) is 0.812. The van der Waals surface area contributed by atoms with E-state index in [0.29, 0.717) is 6.04 Å². The fraction of sp³-hybridized carbons (Fsp3) is 1.00. The Morgan fingerprint density at radius 1 is 0.944 bits per heavy atom. The van der Waals surface area contributed by atoms with Gasteiger partial charge in [0.1, 0.15) is 0 Å². The molecule has 0 aromatic rings. The molecular formula is C15H33N3. The Morgan fingerprint density at radius 2 is 1.44 bits per heavy atom. The number of hydrogen-bond acceptors (Lipinski definition) is 3. The molecule has 18 heavy (non-hydrogen) atoms. The molecule has 1 saturated heterocycles. The van der Waals surface area contributed by atoms with E-state index in [0.717, 1.165) is 0 Å². The highest BCUT2D eigenvalue weighted by Crippen LogP contribution is 2.30. The number of piperidine rings is 1.